The van der Waals surface area contributed by atoms with Crippen LogP contribution in [0.3, 0.4) is 0 Å². The number of carbonyl (C=O) groups is 1. The molecule has 0 saturated heterocycles. The zero-order valence-electron chi connectivity index (χ0n) is 15.3. The van der Waals surface area contributed by atoms with Crippen LogP contribution >= 0.6 is 0 Å². The number of nitrogens with zero attached hydrogens (tertiary/aromatic N) is 1. The van der Waals surface area contributed by atoms with Crippen LogP contribution in [-0.2, 0) is 11.8 Å². The zero-order valence-corrected chi connectivity index (χ0v) is 15.3. The number of benzene rings is 1. The van der Waals surface area contributed by atoms with Gasteiger partial charge in [0.1, 0.15) is 11.3 Å². The Kier molecular flexibility index (Phi) is 6.58. The third-order valence-corrected chi connectivity index (χ3v) is 3.77. The Morgan fingerprint density at radius 2 is 2.08 bits per heavy atom. The Morgan fingerprint density at radius 1 is 1.32 bits per heavy atom. The lowest BCUT2D eigenvalue weighted by atomic mass is 10.1. The summed E-state index contributed by atoms with van der Waals surface area (Å²) in [5.41, 5.74) is 0.606. The van der Waals surface area contributed by atoms with Gasteiger partial charge in [0.2, 0.25) is 5.43 Å². The van der Waals surface area contributed by atoms with Crippen molar-refractivity contribution in [1.82, 2.24) is 9.88 Å². The van der Waals surface area contributed by atoms with Gasteiger partial charge >= 0.3 is 0 Å². The number of amides is 1. The van der Waals surface area contributed by atoms with Gasteiger partial charge in [0.15, 0.2) is 0 Å². The lowest BCUT2D eigenvalue weighted by molar-refractivity contribution is 0.0757. The number of fused-ring (bicyclic) bond motifs is 1. The first-order chi connectivity index (χ1) is 11.9. The minimum absolute atomic E-state index is 0.133. The van der Waals surface area contributed by atoms with Crippen LogP contribution < -0.4 is 15.5 Å². The van der Waals surface area contributed by atoms with E-state index < -0.39 is 0 Å². The van der Waals surface area contributed by atoms with Crippen molar-refractivity contribution < 1.29 is 14.3 Å². The minimum Gasteiger partial charge on any atom is -0.494 e. The van der Waals surface area contributed by atoms with Crippen molar-refractivity contribution >= 4 is 16.8 Å². The summed E-state index contributed by atoms with van der Waals surface area (Å²) < 4.78 is 12.7. The van der Waals surface area contributed by atoms with Gasteiger partial charge in [-0.2, -0.15) is 0 Å². The molecule has 25 heavy (non-hydrogen) atoms. The highest BCUT2D eigenvalue weighted by atomic mass is 16.5. The molecule has 136 valence electrons. The average Bonchev–Trinajstić information content (AvgIpc) is 2.57. The molecule has 0 aliphatic rings. The molecular weight excluding hydrogens is 320 g/mol. The van der Waals surface area contributed by atoms with Crippen molar-refractivity contribution in [1.29, 1.82) is 0 Å². The zero-order chi connectivity index (χ0) is 18.4. The van der Waals surface area contributed by atoms with E-state index in [-0.39, 0.29) is 23.0 Å². The first-order valence-corrected chi connectivity index (χ1v) is 8.60. The number of pyridine rings is 1. The molecule has 1 N–H and O–H groups in total. The Morgan fingerprint density at radius 3 is 2.76 bits per heavy atom. The number of rotatable bonds is 8. The van der Waals surface area contributed by atoms with Crippen molar-refractivity contribution in [2.24, 2.45) is 7.05 Å². The summed E-state index contributed by atoms with van der Waals surface area (Å²) in [4.78, 5) is 25.1. The van der Waals surface area contributed by atoms with Crippen LogP contribution in [0.15, 0.2) is 29.2 Å². The topological polar surface area (TPSA) is 69.6 Å². The summed E-state index contributed by atoms with van der Waals surface area (Å²) in [5, 5.41) is 3.26. The normalized spacial score (nSPS) is 11.1. The summed E-state index contributed by atoms with van der Waals surface area (Å²) >= 11 is 0. The quantitative estimate of drug-likeness (QED) is 0.746. The van der Waals surface area contributed by atoms with Crippen molar-refractivity contribution in [3.63, 3.8) is 0 Å². The lowest BCUT2D eigenvalue weighted by Gasteiger charge is -2.11. The van der Waals surface area contributed by atoms with Gasteiger partial charge in [0, 0.05) is 26.4 Å². The molecule has 0 radical (unpaired) electrons. The van der Waals surface area contributed by atoms with Gasteiger partial charge in [0.25, 0.3) is 5.91 Å². The highest BCUT2D eigenvalue weighted by Crippen LogP contribution is 2.18. The van der Waals surface area contributed by atoms with Crippen LogP contribution in [0.25, 0.3) is 10.9 Å². The second-order valence-corrected chi connectivity index (χ2v) is 6.12. The lowest BCUT2D eigenvalue weighted by Crippen LogP contribution is -2.31. The van der Waals surface area contributed by atoms with Crippen molar-refractivity contribution in [3.05, 3.63) is 40.2 Å². The number of aryl methyl sites for hydroxylation is 1. The molecule has 1 amide bonds. The van der Waals surface area contributed by atoms with E-state index in [9.17, 15) is 9.59 Å². The number of carbonyl (C=O) groups excluding carboxylic acids is 1. The van der Waals surface area contributed by atoms with Crippen LogP contribution in [0.5, 0.6) is 5.75 Å². The van der Waals surface area contributed by atoms with E-state index in [4.69, 9.17) is 9.47 Å². The summed E-state index contributed by atoms with van der Waals surface area (Å²) in [7, 11) is 1.81. The third kappa shape index (κ3) is 4.82. The number of nitrogens with one attached hydrogen (secondary N) is 1. The predicted octanol–water partition coefficient (Wildman–Crippen LogP) is 2.48. The minimum atomic E-state index is -0.367. The van der Waals surface area contributed by atoms with E-state index >= 15 is 0 Å². The molecule has 0 bridgehead atoms. The molecular formula is C19H26N2O4. The van der Waals surface area contributed by atoms with Gasteiger partial charge in [-0.1, -0.05) is 0 Å². The van der Waals surface area contributed by atoms with E-state index in [2.05, 4.69) is 5.32 Å². The Bertz CT molecular complexity index is 796. The fourth-order valence-electron chi connectivity index (χ4n) is 2.58. The molecule has 0 aliphatic carbocycles. The molecule has 0 unspecified atom stereocenters. The summed E-state index contributed by atoms with van der Waals surface area (Å²) in [6.45, 7) is 7.37. The van der Waals surface area contributed by atoms with Gasteiger partial charge in [-0.15, -0.1) is 0 Å². The predicted molar refractivity (Wildman–Crippen MR) is 98.4 cm³/mol. The molecule has 6 nitrogen and oxygen atoms in total. The SMILES string of the molecule is CCOc1ccc2c(c1)c(=O)c(C(=O)NCCCOC(C)C)cn2C. The van der Waals surface area contributed by atoms with Crippen molar-refractivity contribution in [3.8, 4) is 5.75 Å². The Hall–Kier alpha value is -2.34. The second kappa shape index (κ2) is 8.67. The fraction of sp³-hybridized carbons (Fsp3) is 0.474. The molecule has 0 aliphatic heterocycles. The van der Waals surface area contributed by atoms with Gasteiger partial charge in [-0.25, -0.2) is 0 Å². The second-order valence-electron chi connectivity index (χ2n) is 6.12. The highest BCUT2D eigenvalue weighted by Gasteiger charge is 2.14. The highest BCUT2D eigenvalue weighted by molar-refractivity contribution is 5.97. The Labute approximate surface area is 147 Å². The van der Waals surface area contributed by atoms with Gasteiger partial charge in [0.05, 0.1) is 23.6 Å². The fourth-order valence-corrected chi connectivity index (χ4v) is 2.58. The molecule has 6 heteroatoms. The number of aromatic nitrogens is 1. The van der Waals surface area contributed by atoms with E-state index in [1.165, 1.54) is 0 Å². The first kappa shape index (κ1) is 19.0. The number of ether oxygens (including phenoxy) is 2. The smallest absolute Gasteiger partial charge is 0.256 e. The molecule has 1 heterocycles. The molecule has 0 atom stereocenters. The molecule has 2 rings (SSSR count). The maximum absolute atomic E-state index is 12.7. The molecule has 0 saturated carbocycles. The Balaban J connectivity index is 2.18. The van der Waals surface area contributed by atoms with E-state index in [0.717, 1.165) is 5.52 Å². The summed E-state index contributed by atoms with van der Waals surface area (Å²) in [5.74, 6) is 0.254. The van der Waals surface area contributed by atoms with Gasteiger partial charge in [-0.3, -0.25) is 9.59 Å². The third-order valence-electron chi connectivity index (χ3n) is 3.77. The number of hydrogen-bond acceptors (Lipinski definition) is 4. The van der Waals surface area contributed by atoms with Crippen LogP contribution in [-0.4, -0.2) is 36.3 Å². The molecule has 2 aromatic rings. The number of hydrogen-bond donors (Lipinski definition) is 1. The maximum Gasteiger partial charge on any atom is 0.256 e. The standard InChI is InChI=1S/C19H26N2O4/c1-5-24-14-7-8-17-15(11-14)18(22)16(12-21(17)4)19(23)20-9-6-10-25-13(2)3/h7-8,11-13H,5-6,9-10H2,1-4H3,(H,20,23). The monoisotopic (exact) mass is 346 g/mol. The van der Waals surface area contributed by atoms with Crippen LogP contribution in [0.4, 0.5) is 0 Å². The molecule has 1 aromatic carbocycles. The van der Waals surface area contributed by atoms with Crippen LogP contribution in [0.2, 0.25) is 0 Å². The first-order valence-electron chi connectivity index (χ1n) is 8.60. The van der Waals surface area contributed by atoms with E-state index in [1.54, 1.807) is 16.8 Å². The summed E-state index contributed by atoms with van der Waals surface area (Å²) in [6.07, 6.45) is 2.44. The molecule has 0 fully saturated rings. The largest absolute Gasteiger partial charge is 0.494 e. The molecule has 0 spiro atoms. The van der Waals surface area contributed by atoms with Crippen LogP contribution in [0.1, 0.15) is 37.6 Å². The van der Waals surface area contributed by atoms with E-state index in [1.807, 2.05) is 40.0 Å². The van der Waals surface area contributed by atoms with Crippen molar-refractivity contribution in [2.45, 2.75) is 33.3 Å². The average molecular weight is 346 g/mol. The van der Waals surface area contributed by atoms with Crippen molar-refractivity contribution in [2.75, 3.05) is 19.8 Å². The van der Waals surface area contributed by atoms with E-state index in [0.29, 0.717) is 37.3 Å². The molecule has 1 aromatic heterocycles. The maximum atomic E-state index is 12.7. The van der Waals surface area contributed by atoms with Gasteiger partial charge < -0.3 is 19.4 Å². The summed E-state index contributed by atoms with van der Waals surface area (Å²) in [6, 6.07) is 5.33. The van der Waals surface area contributed by atoms with Gasteiger partial charge in [-0.05, 0) is 45.4 Å². The van der Waals surface area contributed by atoms with Crippen LogP contribution in [0, 0.1) is 0 Å².